The molecule has 0 spiro atoms. The van der Waals surface area contributed by atoms with Gasteiger partial charge >= 0.3 is 7.12 Å². The van der Waals surface area contributed by atoms with E-state index in [-0.39, 0.29) is 24.4 Å². The van der Waals surface area contributed by atoms with Crippen molar-refractivity contribution in [3.8, 4) is 5.75 Å². The van der Waals surface area contributed by atoms with Crippen molar-refractivity contribution in [3.05, 3.63) is 24.3 Å². The van der Waals surface area contributed by atoms with Crippen LogP contribution in [0.4, 0.5) is 0 Å². The Balaban J connectivity index is 2.00. The van der Waals surface area contributed by atoms with Gasteiger partial charge in [0.15, 0.2) is 0 Å². The third-order valence-corrected chi connectivity index (χ3v) is 4.29. The predicted octanol–water partition coefficient (Wildman–Crippen LogP) is 2.40. The molecule has 1 atom stereocenters. The number of methoxy groups -OCH3 is 1. The summed E-state index contributed by atoms with van der Waals surface area (Å²) in [7, 11) is 1.34. The van der Waals surface area contributed by atoms with Crippen LogP contribution in [0.2, 0.25) is 0 Å². The lowest BCUT2D eigenvalue weighted by molar-refractivity contribution is 0.00578. The Labute approximate surface area is 127 Å². The second kappa shape index (κ2) is 5.99. The molecule has 0 N–H and O–H groups in total. The molecule has 1 fully saturated rings. The number of hydrogen-bond acceptors (Lipinski definition) is 4. The Morgan fingerprint density at radius 1 is 1.05 bits per heavy atom. The topological polar surface area (TPSA) is 36.9 Å². The lowest BCUT2D eigenvalue weighted by atomic mass is 9.79. The van der Waals surface area contributed by atoms with Crippen molar-refractivity contribution in [2.75, 3.05) is 13.7 Å². The molecular weight excluding hydrogens is 267 g/mol. The molecular formula is C16H25BO4. The smallest absolute Gasteiger partial charge is 0.491 e. The van der Waals surface area contributed by atoms with Crippen molar-refractivity contribution in [1.82, 2.24) is 0 Å². The summed E-state index contributed by atoms with van der Waals surface area (Å²) in [5, 5.41) is 0. The summed E-state index contributed by atoms with van der Waals surface area (Å²) in [5.74, 6) is 0.819. The Morgan fingerprint density at radius 3 is 2.05 bits per heavy atom. The largest absolute Gasteiger partial charge is 0.494 e. The van der Waals surface area contributed by atoms with Crippen LogP contribution in [0.1, 0.15) is 34.6 Å². The van der Waals surface area contributed by atoms with Gasteiger partial charge < -0.3 is 18.8 Å². The summed E-state index contributed by atoms with van der Waals surface area (Å²) in [4.78, 5) is 0. The molecule has 2 rings (SSSR count). The van der Waals surface area contributed by atoms with Gasteiger partial charge in [0.25, 0.3) is 0 Å². The van der Waals surface area contributed by atoms with Crippen LogP contribution >= 0.6 is 0 Å². The van der Waals surface area contributed by atoms with Gasteiger partial charge in [0.05, 0.1) is 17.3 Å². The van der Waals surface area contributed by atoms with Gasteiger partial charge in [-0.15, -0.1) is 0 Å². The normalized spacial score (nSPS) is 21.3. The van der Waals surface area contributed by atoms with Crippen LogP contribution in [0.25, 0.3) is 0 Å². The molecule has 1 aromatic rings. The molecule has 0 aliphatic carbocycles. The molecule has 0 radical (unpaired) electrons. The lowest BCUT2D eigenvalue weighted by Gasteiger charge is -2.32. The first-order valence-electron chi connectivity index (χ1n) is 7.36. The molecule has 0 amide bonds. The summed E-state index contributed by atoms with van der Waals surface area (Å²) >= 11 is 0. The van der Waals surface area contributed by atoms with Crippen LogP contribution in [0.5, 0.6) is 5.75 Å². The van der Waals surface area contributed by atoms with E-state index in [4.69, 9.17) is 18.8 Å². The molecule has 1 aliphatic rings. The molecule has 21 heavy (non-hydrogen) atoms. The van der Waals surface area contributed by atoms with E-state index in [1.54, 1.807) is 7.11 Å². The second-order valence-corrected chi connectivity index (χ2v) is 6.51. The van der Waals surface area contributed by atoms with E-state index in [0.29, 0.717) is 6.61 Å². The van der Waals surface area contributed by atoms with Gasteiger partial charge in [-0.2, -0.15) is 0 Å². The molecule has 1 saturated heterocycles. The maximum absolute atomic E-state index is 6.02. The van der Waals surface area contributed by atoms with Gasteiger partial charge in [0.2, 0.25) is 0 Å². The minimum Gasteiger partial charge on any atom is -0.491 e. The first kappa shape index (κ1) is 16.3. The Hall–Kier alpha value is -1.04. The minimum absolute atomic E-state index is 0.0766. The van der Waals surface area contributed by atoms with E-state index in [0.717, 1.165) is 11.2 Å². The summed E-state index contributed by atoms with van der Waals surface area (Å²) in [6, 6.07) is 7.83. The third-order valence-electron chi connectivity index (χ3n) is 4.29. The zero-order valence-electron chi connectivity index (χ0n) is 13.8. The fraction of sp³-hybridized carbons (Fsp3) is 0.625. The van der Waals surface area contributed by atoms with Crippen LogP contribution < -0.4 is 10.2 Å². The zero-order chi connectivity index (χ0) is 15.7. The molecule has 0 bridgehead atoms. The SMILES string of the molecule is CO[C@@H](C)COc1ccc(B2OC(C)(C)C(C)(C)O2)cc1. The molecule has 1 aliphatic heterocycles. The molecule has 1 heterocycles. The summed E-state index contributed by atoms with van der Waals surface area (Å²) < 4.78 is 22.9. The second-order valence-electron chi connectivity index (χ2n) is 6.51. The van der Waals surface area contributed by atoms with E-state index >= 15 is 0 Å². The summed E-state index contributed by atoms with van der Waals surface area (Å²) in [6.07, 6.45) is 0.0766. The highest BCUT2D eigenvalue weighted by atomic mass is 16.7. The molecule has 5 heteroatoms. The maximum Gasteiger partial charge on any atom is 0.494 e. The molecule has 1 aromatic carbocycles. The average Bonchev–Trinajstić information content (AvgIpc) is 2.65. The van der Waals surface area contributed by atoms with E-state index in [1.165, 1.54) is 0 Å². The van der Waals surface area contributed by atoms with Crippen LogP contribution in [-0.4, -0.2) is 38.1 Å². The highest BCUT2D eigenvalue weighted by Crippen LogP contribution is 2.36. The van der Waals surface area contributed by atoms with Crippen LogP contribution in [0, 0.1) is 0 Å². The monoisotopic (exact) mass is 292 g/mol. The van der Waals surface area contributed by atoms with E-state index in [2.05, 4.69) is 27.7 Å². The van der Waals surface area contributed by atoms with Crippen molar-refractivity contribution >= 4 is 12.6 Å². The van der Waals surface area contributed by atoms with Gasteiger partial charge in [0, 0.05) is 7.11 Å². The molecule has 0 unspecified atom stereocenters. The van der Waals surface area contributed by atoms with Crippen LogP contribution in [0.15, 0.2) is 24.3 Å². The van der Waals surface area contributed by atoms with Gasteiger partial charge in [-0.3, -0.25) is 0 Å². The number of rotatable bonds is 5. The third kappa shape index (κ3) is 3.60. The van der Waals surface area contributed by atoms with E-state index in [9.17, 15) is 0 Å². The average molecular weight is 292 g/mol. The highest BCUT2D eigenvalue weighted by Gasteiger charge is 2.51. The number of ether oxygens (including phenoxy) is 2. The number of benzene rings is 1. The van der Waals surface area contributed by atoms with Gasteiger partial charge in [0.1, 0.15) is 12.4 Å². The number of hydrogen-bond donors (Lipinski definition) is 0. The Kier molecular flexibility index (Phi) is 4.66. The van der Waals surface area contributed by atoms with Crippen molar-refractivity contribution in [1.29, 1.82) is 0 Å². The van der Waals surface area contributed by atoms with Crippen molar-refractivity contribution in [2.45, 2.75) is 51.9 Å². The van der Waals surface area contributed by atoms with Crippen molar-refractivity contribution < 1.29 is 18.8 Å². The van der Waals surface area contributed by atoms with E-state index in [1.807, 2.05) is 31.2 Å². The van der Waals surface area contributed by atoms with Gasteiger partial charge in [-0.25, -0.2) is 0 Å². The van der Waals surface area contributed by atoms with Gasteiger partial charge in [-0.05, 0) is 52.2 Å². The summed E-state index contributed by atoms with van der Waals surface area (Å²) in [6.45, 7) is 10.7. The Morgan fingerprint density at radius 2 is 1.57 bits per heavy atom. The standard InChI is InChI=1S/C16H25BO4/c1-12(18-6)11-19-14-9-7-13(8-10-14)17-20-15(2,3)16(4,5)21-17/h7-10,12H,11H2,1-6H3/t12-/m0/s1. The van der Waals surface area contributed by atoms with Crippen LogP contribution in [-0.2, 0) is 14.0 Å². The molecule has 0 saturated carbocycles. The predicted molar refractivity (Wildman–Crippen MR) is 84.1 cm³/mol. The van der Waals surface area contributed by atoms with Crippen LogP contribution in [0.3, 0.4) is 0 Å². The van der Waals surface area contributed by atoms with E-state index < -0.39 is 0 Å². The molecule has 4 nitrogen and oxygen atoms in total. The lowest BCUT2D eigenvalue weighted by Crippen LogP contribution is -2.41. The zero-order valence-corrected chi connectivity index (χ0v) is 13.8. The van der Waals surface area contributed by atoms with Crippen molar-refractivity contribution in [2.24, 2.45) is 0 Å². The quantitative estimate of drug-likeness (QED) is 0.781. The maximum atomic E-state index is 6.02. The first-order chi connectivity index (χ1) is 9.75. The first-order valence-corrected chi connectivity index (χ1v) is 7.36. The Bertz CT molecular complexity index is 454. The fourth-order valence-corrected chi connectivity index (χ4v) is 1.98. The van der Waals surface area contributed by atoms with Crippen molar-refractivity contribution in [3.63, 3.8) is 0 Å². The molecule has 0 aromatic heterocycles. The molecule has 116 valence electrons. The fourth-order valence-electron chi connectivity index (χ4n) is 1.98. The highest BCUT2D eigenvalue weighted by molar-refractivity contribution is 6.62. The minimum atomic E-state index is -0.332. The summed E-state index contributed by atoms with van der Waals surface area (Å²) in [5.41, 5.74) is 0.363. The van der Waals surface area contributed by atoms with Gasteiger partial charge in [-0.1, -0.05) is 12.1 Å².